The average Bonchev–Trinajstić information content (AvgIpc) is 4.04. The summed E-state index contributed by atoms with van der Waals surface area (Å²) >= 11 is 0. The zero-order chi connectivity index (χ0) is 42.2. The van der Waals surface area contributed by atoms with Crippen LogP contribution in [0.5, 0.6) is 0 Å². The summed E-state index contributed by atoms with van der Waals surface area (Å²) in [6, 6.07) is 79.2. The van der Waals surface area contributed by atoms with Crippen molar-refractivity contribution in [2.24, 2.45) is 0 Å². The number of para-hydroxylation sites is 3. The van der Waals surface area contributed by atoms with Gasteiger partial charge in [-0.15, -0.1) is 0 Å². The molecule has 13 rings (SSSR count). The first-order valence-electron chi connectivity index (χ1n) is 22.2. The molecule has 0 unspecified atom stereocenters. The molecule has 0 fully saturated rings. The first-order chi connectivity index (χ1) is 31.7. The molecule has 0 atom stereocenters. The van der Waals surface area contributed by atoms with Gasteiger partial charge in [-0.25, -0.2) is 0 Å². The minimum absolute atomic E-state index is 0.485. The molecular formula is C61H41NO2. The van der Waals surface area contributed by atoms with Crippen molar-refractivity contribution < 1.29 is 8.83 Å². The van der Waals surface area contributed by atoms with Crippen molar-refractivity contribution >= 4 is 55.5 Å². The Morgan fingerprint density at radius 1 is 0.406 bits per heavy atom. The molecule has 2 aliphatic rings. The van der Waals surface area contributed by atoms with Crippen molar-refractivity contribution in [2.75, 3.05) is 4.90 Å². The number of benzene rings is 9. The number of fused-ring (bicyclic) bond motifs is 9. The Kier molecular flexibility index (Phi) is 8.26. The summed E-state index contributed by atoms with van der Waals surface area (Å²) in [5.74, 6) is 0.977. The maximum Gasteiger partial charge on any atom is 0.143 e. The Hall–Kier alpha value is -8.14. The van der Waals surface area contributed by atoms with Gasteiger partial charge in [0, 0.05) is 49.9 Å². The first-order valence-corrected chi connectivity index (χ1v) is 22.2. The lowest BCUT2D eigenvalue weighted by Gasteiger charge is -2.34. The van der Waals surface area contributed by atoms with E-state index in [9.17, 15) is 0 Å². The van der Waals surface area contributed by atoms with Crippen molar-refractivity contribution in [1.82, 2.24) is 0 Å². The van der Waals surface area contributed by atoms with E-state index in [0.717, 1.165) is 85.4 Å². The Balaban J connectivity index is 0.990. The van der Waals surface area contributed by atoms with Crippen LogP contribution < -0.4 is 4.90 Å². The molecule has 0 aliphatic heterocycles. The summed E-state index contributed by atoms with van der Waals surface area (Å²) in [5, 5.41) is 3.45. The predicted octanol–water partition coefficient (Wildman–Crippen LogP) is 16.2. The summed E-state index contributed by atoms with van der Waals surface area (Å²) in [6.07, 6.45) is 4.28. The molecule has 0 saturated carbocycles. The summed E-state index contributed by atoms with van der Waals surface area (Å²) in [6.45, 7) is 0. The molecule has 0 saturated heterocycles. The fraction of sp³-hybridized carbons (Fsp3) is 0.0492. The van der Waals surface area contributed by atoms with Gasteiger partial charge in [0.25, 0.3) is 0 Å². The van der Waals surface area contributed by atoms with E-state index in [4.69, 9.17) is 8.83 Å². The van der Waals surface area contributed by atoms with Crippen LogP contribution in [0.4, 0.5) is 17.1 Å². The van der Waals surface area contributed by atoms with E-state index in [1.165, 1.54) is 44.3 Å². The maximum absolute atomic E-state index is 6.62. The molecule has 0 bridgehead atoms. The molecule has 302 valence electrons. The van der Waals surface area contributed by atoms with E-state index in [1.54, 1.807) is 0 Å². The van der Waals surface area contributed by atoms with Crippen molar-refractivity contribution in [3.8, 4) is 22.3 Å². The summed E-state index contributed by atoms with van der Waals surface area (Å²) in [7, 11) is 0. The van der Waals surface area contributed by atoms with E-state index in [1.807, 2.05) is 6.07 Å². The number of nitrogens with zero attached hydrogens (tertiary/aromatic N) is 1. The molecule has 3 heteroatoms. The Morgan fingerprint density at radius 2 is 0.969 bits per heavy atom. The van der Waals surface area contributed by atoms with Gasteiger partial charge < -0.3 is 13.7 Å². The van der Waals surface area contributed by atoms with E-state index in [-0.39, 0.29) is 0 Å². The molecule has 64 heavy (non-hydrogen) atoms. The number of hydrogen-bond donors (Lipinski definition) is 0. The third kappa shape index (κ3) is 5.47. The Morgan fingerprint density at radius 3 is 1.72 bits per heavy atom. The lowest BCUT2D eigenvalue weighted by Crippen LogP contribution is -2.28. The van der Waals surface area contributed by atoms with Gasteiger partial charge in [0.1, 0.15) is 22.5 Å². The van der Waals surface area contributed by atoms with Crippen LogP contribution in [0.3, 0.4) is 0 Å². The molecule has 0 radical (unpaired) electrons. The third-order valence-electron chi connectivity index (χ3n) is 13.6. The average molecular weight is 820 g/mol. The molecule has 0 N–H and O–H groups in total. The Bertz CT molecular complexity index is 3580. The lowest BCUT2D eigenvalue weighted by molar-refractivity contribution is 0.591. The van der Waals surface area contributed by atoms with Gasteiger partial charge in [0.05, 0.1) is 5.41 Å². The SMILES string of the molecule is C1=C(c2cccc(N(c3ccc(C4(c5ccccc5)c5ccccc5-c5ccccc54)cc3)c3cccc(-c4cccc5c4oc4ccccc45)c3)c2)c2oc3ccccc3c2CC1. The van der Waals surface area contributed by atoms with Crippen molar-refractivity contribution in [2.45, 2.75) is 18.3 Å². The third-order valence-corrected chi connectivity index (χ3v) is 13.6. The second kappa shape index (κ2) is 14.5. The minimum atomic E-state index is -0.485. The van der Waals surface area contributed by atoms with Crippen LogP contribution in [-0.4, -0.2) is 0 Å². The highest BCUT2D eigenvalue weighted by Crippen LogP contribution is 2.56. The minimum Gasteiger partial charge on any atom is -0.456 e. The summed E-state index contributed by atoms with van der Waals surface area (Å²) in [4.78, 5) is 2.39. The number of anilines is 3. The van der Waals surface area contributed by atoms with Gasteiger partial charge in [0.2, 0.25) is 0 Å². The van der Waals surface area contributed by atoms with Gasteiger partial charge in [-0.05, 0) is 106 Å². The van der Waals surface area contributed by atoms with Crippen LogP contribution in [0.2, 0.25) is 0 Å². The van der Waals surface area contributed by atoms with Gasteiger partial charge in [0.15, 0.2) is 0 Å². The number of allylic oxidation sites excluding steroid dienone is 1. The predicted molar refractivity (Wildman–Crippen MR) is 263 cm³/mol. The zero-order valence-corrected chi connectivity index (χ0v) is 35.0. The molecule has 2 heterocycles. The van der Waals surface area contributed by atoms with Crippen LogP contribution in [0.25, 0.3) is 60.7 Å². The van der Waals surface area contributed by atoms with Gasteiger partial charge in [-0.2, -0.15) is 0 Å². The van der Waals surface area contributed by atoms with Crippen LogP contribution in [-0.2, 0) is 11.8 Å². The smallest absolute Gasteiger partial charge is 0.143 e. The second-order valence-electron chi connectivity index (χ2n) is 17.0. The van der Waals surface area contributed by atoms with E-state index < -0.39 is 5.41 Å². The summed E-state index contributed by atoms with van der Waals surface area (Å²) in [5.41, 5.74) is 18.8. The van der Waals surface area contributed by atoms with Crippen LogP contribution in [0.1, 0.15) is 45.6 Å². The molecule has 0 spiro atoms. The first kappa shape index (κ1) is 36.5. The molecule has 2 aliphatic carbocycles. The second-order valence-corrected chi connectivity index (χ2v) is 17.0. The fourth-order valence-electron chi connectivity index (χ4n) is 10.9. The van der Waals surface area contributed by atoms with Crippen molar-refractivity contribution in [1.29, 1.82) is 0 Å². The monoisotopic (exact) mass is 819 g/mol. The Labute approximate surface area is 371 Å². The van der Waals surface area contributed by atoms with E-state index >= 15 is 0 Å². The van der Waals surface area contributed by atoms with Gasteiger partial charge >= 0.3 is 0 Å². The molecule has 0 amide bonds. The lowest BCUT2D eigenvalue weighted by atomic mass is 9.68. The van der Waals surface area contributed by atoms with Crippen LogP contribution in [0.15, 0.2) is 233 Å². The topological polar surface area (TPSA) is 29.5 Å². The van der Waals surface area contributed by atoms with Gasteiger partial charge in [-0.1, -0.05) is 176 Å². The van der Waals surface area contributed by atoms with E-state index in [2.05, 4.69) is 223 Å². The zero-order valence-electron chi connectivity index (χ0n) is 35.0. The largest absolute Gasteiger partial charge is 0.456 e. The van der Waals surface area contributed by atoms with Gasteiger partial charge in [-0.3, -0.25) is 0 Å². The fourth-order valence-corrected chi connectivity index (χ4v) is 10.9. The highest BCUT2D eigenvalue weighted by Gasteiger charge is 2.45. The van der Waals surface area contributed by atoms with Crippen LogP contribution in [0, 0.1) is 0 Å². The molecule has 11 aromatic rings. The number of rotatable bonds is 7. The molecule has 3 nitrogen and oxygen atoms in total. The summed E-state index contributed by atoms with van der Waals surface area (Å²) < 4.78 is 13.2. The number of aryl methyl sites for hydroxylation is 1. The van der Waals surface area contributed by atoms with Crippen molar-refractivity contribution in [3.05, 3.63) is 264 Å². The number of hydrogen-bond acceptors (Lipinski definition) is 3. The van der Waals surface area contributed by atoms with Crippen molar-refractivity contribution in [3.63, 3.8) is 0 Å². The highest BCUT2D eigenvalue weighted by atomic mass is 16.3. The standard InChI is InChI=1S/C61H41NO2/c1-2-18-42(19-3-1)61(55-30-8-4-22-49(55)50-23-5-9-31-56(50)61)43-34-36-44(37-35-43)62(45-20-12-16-40(38-45)47-26-14-28-53-51-24-6-10-32-57(51)63-59(47)53)46-21-13-17-41(39-46)48-27-15-29-54-52-25-7-11-33-58(52)64-60(48)54/h1-14,16-28,30-39H,15,29H2. The highest BCUT2D eigenvalue weighted by molar-refractivity contribution is 6.09. The van der Waals surface area contributed by atoms with E-state index in [0.29, 0.717) is 0 Å². The maximum atomic E-state index is 6.62. The molecular weight excluding hydrogens is 779 g/mol. The molecule has 2 aromatic heterocycles. The molecule has 9 aromatic carbocycles. The van der Waals surface area contributed by atoms with Crippen LogP contribution >= 0.6 is 0 Å². The normalized spacial score (nSPS) is 13.7. The number of furan rings is 2. The quantitative estimate of drug-likeness (QED) is 0.160.